The van der Waals surface area contributed by atoms with Crippen LogP contribution in [0.1, 0.15) is 5.69 Å². The number of para-hydroxylation sites is 1. The summed E-state index contributed by atoms with van der Waals surface area (Å²) >= 11 is 1.63. The van der Waals surface area contributed by atoms with Gasteiger partial charge in [-0.2, -0.15) is 0 Å². The number of hydrogen-bond donors (Lipinski definition) is 0. The van der Waals surface area contributed by atoms with E-state index < -0.39 is 0 Å². The summed E-state index contributed by atoms with van der Waals surface area (Å²) in [7, 11) is 2.08. The van der Waals surface area contributed by atoms with Crippen LogP contribution in [-0.4, -0.2) is 30.1 Å². The van der Waals surface area contributed by atoms with E-state index in [-0.39, 0.29) is 0 Å². The molecule has 0 saturated heterocycles. The summed E-state index contributed by atoms with van der Waals surface area (Å²) in [6.45, 7) is 2.47. The van der Waals surface area contributed by atoms with Crippen molar-refractivity contribution in [1.82, 2.24) is 9.88 Å². The fourth-order valence-electron chi connectivity index (χ4n) is 1.51. The molecule has 0 unspecified atom stereocenters. The monoisotopic (exact) mass is 248 g/mol. The second-order valence-corrected chi connectivity index (χ2v) is 4.60. The van der Waals surface area contributed by atoms with Gasteiger partial charge in [-0.25, -0.2) is 4.98 Å². The first-order chi connectivity index (χ1) is 8.34. The first-order valence-electron chi connectivity index (χ1n) is 5.58. The lowest BCUT2D eigenvalue weighted by Crippen LogP contribution is -2.23. The van der Waals surface area contributed by atoms with E-state index in [1.165, 1.54) is 0 Å². The van der Waals surface area contributed by atoms with Crippen molar-refractivity contribution >= 4 is 11.3 Å². The Hall–Kier alpha value is -1.39. The van der Waals surface area contributed by atoms with Crippen molar-refractivity contribution in [3.05, 3.63) is 46.9 Å². The summed E-state index contributed by atoms with van der Waals surface area (Å²) in [5.41, 5.74) is 2.99. The fourth-order valence-corrected chi connectivity index (χ4v) is 2.06. The number of ether oxygens (including phenoxy) is 1. The van der Waals surface area contributed by atoms with E-state index in [0.717, 1.165) is 24.5 Å². The van der Waals surface area contributed by atoms with Crippen molar-refractivity contribution in [3.8, 4) is 5.75 Å². The molecular formula is C13H16N2OS. The molecule has 90 valence electrons. The lowest BCUT2D eigenvalue weighted by molar-refractivity contribution is 0.231. The average Bonchev–Trinajstić information content (AvgIpc) is 2.83. The second kappa shape index (κ2) is 6.37. The predicted octanol–water partition coefficient (Wildman–Crippen LogP) is 2.65. The van der Waals surface area contributed by atoms with Crippen molar-refractivity contribution in [3.63, 3.8) is 0 Å². The van der Waals surface area contributed by atoms with Crippen LogP contribution >= 0.6 is 11.3 Å². The van der Waals surface area contributed by atoms with E-state index >= 15 is 0 Å². The molecule has 1 aromatic heterocycles. The SMILES string of the molecule is CN(CCOc1ccccc1)Cc1cscn1. The Labute approximate surface area is 106 Å². The molecule has 2 aromatic rings. The molecule has 0 saturated carbocycles. The van der Waals surface area contributed by atoms with Crippen LogP contribution in [0.3, 0.4) is 0 Å². The Balaban J connectivity index is 1.68. The van der Waals surface area contributed by atoms with Crippen LogP contribution in [0.4, 0.5) is 0 Å². The van der Waals surface area contributed by atoms with Crippen LogP contribution in [0, 0.1) is 0 Å². The number of likely N-dealkylation sites (N-methyl/N-ethyl adjacent to an activating group) is 1. The maximum absolute atomic E-state index is 5.64. The number of thiazole rings is 1. The van der Waals surface area contributed by atoms with E-state index in [4.69, 9.17) is 4.74 Å². The molecule has 0 aliphatic heterocycles. The molecule has 0 aliphatic carbocycles. The summed E-state index contributed by atoms with van der Waals surface area (Å²) < 4.78 is 5.64. The molecule has 0 atom stereocenters. The maximum atomic E-state index is 5.64. The van der Waals surface area contributed by atoms with Gasteiger partial charge in [0.15, 0.2) is 0 Å². The average molecular weight is 248 g/mol. The van der Waals surface area contributed by atoms with Crippen LogP contribution in [0.15, 0.2) is 41.2 Å². The molecule has 0 fully saturated rings. The zero-order valence-electron chi connectivity index (χ0n) is 9.87. The molecule has 1 heterocycles. The van der Waals surface area contributed by atoms with Crippen LogP contribution in [0.5, 0.6) is 5.75 Å². The van der Waals surface area contributed by atoms with E-state index in [2.05, 4.69) is 22.3 Å². The Kier molecular flexibility index (Phi) is 4.53. The number of aromatic nitrogens is 1. The molecular weight excluding hydrogens is 232 g/mol. The van der Waals surface area contributed by atoms with Gasteiger partial charge in [0, 0.05) is 18.5 Å². The Bertz CT molecular complexity index is 416. The van der Waals surface area contributed by atoms with Crippen molar-refractivity contribution in [2.75, 3.05) is 20.2 Å². The minimum atomic E-state index is 0.699. The van der Waals surface area contributed by atoms with E-state index in [9.17, 15) is 0 Å². The number of nitrogens with zero attached hydrogens (tertiary/aromatic N) is 2. The highest BCUT2D eigenvalue weighted by Gasteiger charge is 2.02. The van der Waals surface area contributed by atoms with Crippen molar-refractivity contribution < 1.29 is 4.74 Å². The van der Waals surface area contributed by atoms with Gasteiger partial charge < -0.3 is 4.74 Å². The molecule has 0 amide bonds. The summed E-state index contributed by atoms with van der Waals surface area (Å²) in [6.07, 6.45) is 0. The summed E-state index contributed by atoms with van der Waals surface area (Å²) in [6, 6.07) is 9.89. The van der Waals surface area contributed by atoms with Gasteiger partial charge in [-0.05, 0) is 19.2 Å². The summed E-state index contributed by atoms with van der Waals surface area (Å²) in [5, 5.41) is 2.08. The first-order valence-corrected chi connectivity index (χ1v) is 6.52. The molecule has 0 bridgehead atoms. The lowest BCUT2D eigenvalue weighted by Gasteiger charge is -2.15. The predicted molar refractivity (Wildman–Crippen MR) is 70.4 cm³/mol. The minimum absolute atomic E-state index is 0.699. The Morgan fingerprint density at radius 2 is 2.12 bits per heavy atom. The Morgan fingerprint density at radius 1 is 1.29 bits per heavy atom. The molecule has 17 heavy (non-hydrogen) atoms. The third kappa shape index (κ3) is 4.17. The van der Waals surface area contributed by atoms with Crippen LogP contribution in [-0.2, 0) is 6.54 Å². The molecule has 0 aliphatic rings. The summed E-state index contributed by atoms with van der Waals surface area (Å²) in [5.74, 6) is 0.926. The van der Waals surface area contributed by atoms with Crippen LogP contribution in [0.2, 0.25) is 0 Å². The molecule has 0 radical (unpaired) electrons. The standard InChI is InChI=1S/C13H16N2OS/c1-15(9-12-10-17-11-14-12)7-8-16-13-5-3-2-4-6-13/h2-6,10-11H,7-9H2,1H3. The largest absolute Gasteiger partial charge is 0.492 e. The van der Waals surface area contributed by atoms with Crippen LogP contribution in [0.25, 0.3) is 0 Å². The van der Waals surface area contributed by atoms with E-state index in [0.29, 0.717) is 6.61 Å². The van der Waals surface area contributed by atoms with E-state index in [1.54, 1.807) is 11.3 Å². The number of rotatable bonds is 6. The quantitative estimate of drug-likeness (QED) is 0.786. The van der Waals surface area contributed by atoms with Gasteiger partial charge in [-0.15, -0.1) is 11.3 Å². The van der Waals surface area contributed by atoms with Gasteiger partial charge in [-0.1, -0.05) is 18.2 Å². The third-order valence-corrected chi connectivity index (χ3v) is 3.04. The number of benzene rings is 1. The van der Waals surface area contributed by atoms with Gasteiger partial charge in [0.05, 0.1) is 11.2 Å². The zero-order chi connectivity index (χ0) is 11.9. The molecule has 1 aromatic carbocycles. The van der Waals surface area contributed by atoms with Crippen molar-refractivity contribution in [1.29, 1.82) is 0 Å². The maximum Gasteiger partial charge on any atom is 0.119 e. The molecule has 3 nitrogen and oxygen atoms in total. The highest BCUT2D eigenvalue weighted by atomic mass is 32.1. The van der Waals surface area contributed by atoms with Gasteiger partial charge in [0.2, 0.25) is 0 Å². The normalized spacial score (nSPS) is 10.7. The fraction of sp³-hybridized carbons (Fsp3) is 0.308. The van der Waals surface area contributed by atoms with Gasteiger partial charge in [-0.3, -0.25) is 4.90 Å². The lowest BCUT2D eigenvalue weighted by atomic mass is 10.3. The minimum Gasteiger partial charge on any atom is -0.492 e. The van der Waals surface area contributed by atoms with Gasteiger partial charge >= 0.3 is 0 Å². The molecule has 0 spiro atoms. The number of hydrogen-bond acceptors (Lipinski definition) is 4. The van der Waals surface area contributed by atoms with Gasteiger partial charge in [0.1, 0.15) is 12.4 Å². The zero-order valence-corrected chi connectivity index (χ0v) is 10.7. The van der Waals surface area contributed by atoms with Crippen molar-refractivity contribution in [2.45, 2.75) is 6.54 Å². The smallest absolute Gasteiger partial charge is 0.119 e. The molecule has 0 N–H and O–H groups in total. The Morgan fingerprint density at radius 3 is 2.82 bits per heavy atom. The first kappa shape index (κ1) is 12.1. The third-order valence-electron chi connectivity index (χ3n) is 2.40. The van der Waals surface area contributed by atoms with Crippen molar-refractivity contribution in [2.24, 2.45) is 0 Å². The second-order valence-electron chi connectivity index (χ2n) is 3.88. The van der Waals surface area contributed by atoms with E-state index in [1.807, 2.05) is 35.8 Å². The highest BCUT2D eigenvalue weighted by Crippen LogP contribution is 2.08. The topological polar surface area (TPSA) is 25.4 Å². The molecule has 2 rings (SSSR count). The van der Waals surface area contributed by atoms with Gasteiger partial charge in [0.25, 0.3) is 0 Å². The molecule has 4 heteroatoms. The van der Waals surface area contributed by atoms with Crippen LogP contribution < -0.4 is 4.74 Å². The highest BCUT2D eigenvalue weighted by molar-refractivity contribution is 7.07. The summed E-state index contributed by atoms with van der Waals surface area (Å²) in [4.78, 5) is 6.46.